The van der Waals surface area contributed by atoms with Gasteiger partial charge in [-0.25, -0.2) is 0 Å². The summed E-state index contributed by atoms with van der Waals surface area (Å²) in [6, 6.07) is 15.7. The fourth-order valence-electron chi connectivity index (χ4n) is 2.06. The molecule has 2 aromatic carbocycles. The molecule has 4 heteroatoms. The van der Waals surface area contributed by atoms with Crippen LogP contribution in [0.3, 0.4) is 0 Å². The predicted octanol–water partition coefficient (Wildman–Crippen LogP) is 3.26. The average molecular weight is 295 g/mol. The summed E-state index contributed by atoms with van der Waals surface area (Å²) in [5.74, 6) is 0.477. The molecule has 0 spiro atoms. The maximum absolute atomic E-state index is 11.8. The maximum Gasteiger partial charge on any atom is 0.166 e. The minimum Gasteiger partial charge on any atom is -0.490 e. The highest BCUT2D eigenvalue weighted by Crippen LogP contribution is 2.22. The second-order valence-corrected chi connectivity index (χ2v) is 4.83. The third kappa shape index (κ3) is 3.72. The van der Waals surface area contributed by atoms with Crippen molar-refractivity contribution in [1.82, 2.24) is 0 Å². The van der Waals surface area contributed by atoms with Crippen LogP contribution in [-0.2, 0) is 0 Å². The number of hydrogen-bond donors (Lipinski definition) is 1. The first-order valence-corrected chi connectivity index (χ1v) is 7.09. The molecule has 0 aromatic heterocycles. The van der Waals surface area contributed by atoms with Crippen LogP contribution in [-0.4, -0.2) is 17.5 Å². The van der Waals surface area contributed by atoms with Crippen LogP contribution >= 0.6 is 0 Å². The molecule has 2 aromatic rings. The molecule has 0 bridgehead atoms. The molecule has 0 aliphatic rings. The summed E-state index contributed by atoms with van der Waals surface area (Å²) in [4.78, 5) is 11.8. The number of carbonyl (C=O) groups excluding carboxylic acids is 1. The lowest BCUT2D eigenvalue weighted by Crippen LogP contribution is -2.11. The number of benzene rings is 2. The molecule has 0 saturated carbocycles. The van der Waals surface area contributed by atoms with Crippen molar-refractivity contribution in [3.8, 4) is 11.8 Å². The van der Waals surface area contributed by atoms with E-state index in [4.69, 9.17) is 10.00 Å². The number of nitrogens with zero attached hydrogens (tertiary/aromatic N) is 1. The zero-order valence-electron chi connectivity index (χ0n) is 12.3. The first-order chi connectivity index (χ1) is 10.7. The fourth-order valence-corrected chi connectivity index (χ4v) is 2.06. The molecule has 1 unspecified atom stereocenters. The Morgan fingerprint density at radius 3 is 2.55 bits per heavy atom. The Hall–Kier alpha value is -2.64. The lowest BCUT2D eigenvalue weighted by atomic mass is 10.1. The van der Waals surface area contributed by atoms with Crippen molar-refractivity contribution in [1.29, 1.82) is 5.26 Å². The van der Waals surface area contributed by atoms with Crippen molar-refractivity contribution < 1.29 is 14.6 Å². The zero-order valence-corrected chi connectivity index (χ0v) is 12.3. The number of ether oxygens (including phenoxy) is 1. The number of nitriles is 1. The van der Waals surface area contributed by atoms with E-state index in [1.165, 1.54) is 0 Å². The molecule has 0 fully saturated rings. The number of aliphatic hydroxyl groups excluding tert-OH is 1. The Kier molecular flexibility index (Phi) is 5.29. The van der Waals surface area contributed by atoms with Gasteiger partial charge in [-0.15, -0.1) is 0 Å². The highest BCUT2D eigenvalue weighted by atomic mass is 16.5. The van der Waals surface area contributed by atoms with Crippen molar-refractivity contribution in [2.45, 2.75) is 19.4 Å². The third-order valence-electron chi connectivity index (χ3n) is 3.33. The molecule has 1 N–H and O–H groups in total. The molecule has 0 aliphatic carbocycles. The van der Waals surface area contributed by atoms with Crippen LogP contribution in [0.4, 0.5) is 0 Å². The van der Waals surface area contributed by atoms with Gasteiger partial charge in [-0.3, -0.25) is 4.79 Å². The lowest BCUT2D eigenvalue weighted by molar-refractivity contribution is 0.0957. The molecular formula is C18H17NO3. The normalized spacial score (nSPS) is 11.5. The van der Waals surface area contributed by atoms with E-state index in [-0.39, 0.29) is 12.4 Å². The molecule has 0 amide bonds. The summed E-state index contributed by atoms with van der Waals surface area (Å²) in [6.45, 7) is 1.84. The van der Waals surface area contributed by atoms with Gasteiger partial charge in [0.05, 0.1) is 17.2 Å². The number of carbonyl (C=O) groups is 1. The number of ketones is 1. The quantitative estimate of drug-likeness (QED) is 0.830. The van der Waals surface area contributed by atoms with Crippen LogP contribution in [0.15, 0.2) is 48.5 Å². The zero-order chi connectivity index (χ0) is 15.9. The predicted molar refractivity (Wildman–Crippen MR) is 82.7 cm³/mol. The number of hydrogen-bond acceptors (Lipinski definition) is 4. The Morgan fingerprint density at radius 2 is 1.91 bits per heavy atom. The highest BCUT2D eigenvalue weighted by Gasteiger charge is 2.13. The Labute approximate surface area is 129 Å². The number of aliphatic hydroxyl groups is 1. The van der Waals surface area contributed by atoms with Gasteiger partial charge in [-0.1, -0.05) is 31.2 Å². The first-order valence-electron chi connectivity index (χ1n) is 7.09. The minimum atomic E-state index is -0.822. The smallest absolute Gasteiger partial charge is 0.166 e. The molecule has 112 valence electrons. The van der Waals surface area contributed by atoms with E-state index in [2.05, 4.69) is 0 Å². The maximum atomic E-state index is 11.8. The molecule has 0 aliphatic heterocycles. The molecule has 0 heterocycles. The summed E-state index contributed by atoms with van der Waals surface area (Å²) in [6.07, 6.45) is -0.420. The standard InChI is InChI=1S/C18H17NO3/c1-2-16(20)15-5-3-4-6-18(15)22-12-17(21)14-9-7-13(11-19)8-10-14/h3-10,17,21H,2,12H2,1H3. The van der Waals surface area contributed by atoms with E-state index in [9.17, 15) is 9.90 Å². The first kappa shape index (κ1) is 15.7. The molecule has 22 heavy (non-hydrogen) atoms. The largest absolute Gasteiger partial charge is 0.490 e. The van der Waals surface area contributed by atoms with Crippen molar-refractivity contribution in [2.24, 2.45) is 0 Å². The van der Waals surface area contributed by atoms with Gasteiger partial charge in [0.2, 0.25) is 0 Å². The van der Waals surface area contributed by atoms with E-state index >= 15 is 0 Å². The van der Waals surface area contributed by atoms with Gasteiger partial charge in [0, 0.05) is 6.42 Å². The summed E-state index contributed by atoms with van der Waals surface area (Å²) in [5, 5.41) is 18.9. The monoisotopic (exact) mass is 295 g/mol. The van der Waals surface area contributed by atoms with Crippen LogP contribution in [0, 0.1) is 11.3 Å². The minimum absolute atomic E-state index is 0.00321. The lowest BCUT2D eigenvalue weighted by Gasteiger charge is -2.14. The van der Waals surface area contributed by atoms with Crippen molar-refractivity contribution in [3.05, 3.63) is 65.2 Å². The van der Waals surface area contributed by atoms with E-state index < -0.39 is 6.10 Å². The Morgan fingerprint density at radius 1 is 1.23 bits per heavy atom. The van der Waals surface area contributed by atoms with Crippen LogP contribution in [0.2, 0.25) is 0 Å². The van der Waals surface area contributed by atoms with Crippen molar-refractivity contribution in [2.75, 3.05) is 6.61 Å². The number of rotatable bonds is 6. The fraction of sp³-hybridized carbons (Fsp3) is 0.222. The summed E-state index contributed by atoms with van der Waals surface area (Å²) in [7, 11) is 0. The molecular weight excluding hydrogens is 278 g/mol. The van der Waals surface area contributed by atoms with Gasteiger partial charge in [0.25, 0.3) is 0 Å². The van der Waals surface area contributed by atoms with E-state index in [1.807, 2.05) is 6.07 Å². The van der Waals surface area contributed by atoms with E-state index in [0.717, 1.165) is 0 Å². The van der Waals surface area contributed by atoms with E-state index in [0.29, 0.717) is 28.9 Å². The Balaban J connectivity index is 2.06. The summed E-state index contributed by atoms with van der Waals surface area (Å²) < 4.78 is 5.60. The molecule has 4 nitrogen and oxygen atoms in total. The second-order valence-electron chi connectivity index (χ2n) is 4.83. The van der Waals surface area contributed by atoms with Gasteiger partial charge in [-0.05, 0) is 29.8 Å². The third-order valence-corrected chi connectivity index (χ3v) is 3.33. The summed E-state index contributed by atoms with van der Waals surface area (Å²) >= 11 is 0. The Bertz CT molecular complexity index is 686. The van der Waals surface area contributed by atoms with Gasteiger partial charge < -0.3 is 9.84 Å². The second kappa shape index (κ2) is 7.39. The summed E-state index contributed by atoms with van der Waals surface area (Å²) in [5.41, 5.74) is 1.73. The SMILES string of the molecule is CCC(=O)c1ccccc1OCC(O)c1ccc(C#N)cc1. The van der Waals surface area contributed by atoms with Crippen LogP contribution < -0.4 is 4.74 Å². The molecule has 1 atom stereocenters. The molecule has 0 radical (unpaired) electrons. The topological polar surface area (TPSA) is 70.3 Å². The van der Waals surface area contributed by atoms with Crippen LogP contribution in [0.1, 0.15) is 40.9 Å². The number of Topliss-reactive ketones (excluding diaryl/α,β-unsaturated/α-hetero) is 1. The van der Waals surface area contributed by atoms with Crippen LogP contribution in [0.5, 0.6) is 5.75 Å². The molecule has 0 saturated heterocycles. The van der Waals surface area contributed by atoms with Gasteiger partial charge >= 0.3 is 0 Å². The van der Waals surface area contributed by atoms with Crippen molar-refractivity contribution >= 4 is 5.78 Å². The van der Waals surface area contributed by atoms with Crippen LogP contribution in [0.25, 0.3) is 0 Å². The number of para-hydroxylation sites is 1. The van der Waals surface area contributed by atoms with Gasteiger partial charge in [0.15, 0.2) is 5.78 Å². The van der Waals surface area contributed by atoms with Crippen molar-refractivity contribution in [3.63, 3.8) is 0 Å². The van der Waals surface area contributed by atoms with E-state index in [1.54, 1.807) is 55.5 Å². The van der Waals surface area contributed by atoms with Gasteiger partial charge in [0.1, 0.15) is 18.5 Å². The average Bonchev–Trinajstić information content (AvgIpc) is 2.59. The molecule has 2 rings (SSSR count). The highest BCUT2D eigenvalue weighted by molar-refractivity contribution is 5.98. The van der Waals surface area contributed by atoms with Gasteiger partial charge in [-0.2, -0.15) is 5.26 Å².